The van der Waals surface area contributed by atoms with Crippen LogP contribution in [0.25, 0.3) is 21.5 Å². The van der Waals surface area contributed by atoms with Crippen LogP contribution in [-0.2, 0) is 27.2 Å². The molecule has 0 heterocycles. The highest BCUT2D eigenvalue weighted by Gasteiger charge is 2.37. The third-order valence-electron chi connectivity index (χ3n) is 11.3. The molecule has 0 spiro atoms. The van der Waals surface area contributed by atoms with E-state index in [0.29, 0.717) is 58.2 Å². The number of nitrogens with two attached hydrogens (primary N) is 4. The van der Waals surface area contributed by atoms with E-state index in [1.165, 1.54) is 0 Å². The van der Waals surface area contributed by atoms with Gasteiger partial charge in [-0.2, -0.15) is 0 Å². The lowest BCUT2D eigenvalue weighted by Crippen LogP contribution is -2.50. The second-order valence-corrected chi connectivity index (χ2v) is 15.4. The molecule has 314 valence electrons. The highest BCUT2D eigenvalue weighted by molar-refractivity contribution is 5.89. The molecule has 5 atom stereocenters. The fourth-order valence-electron chi connectivity index (χ4n) is 8.10. The Bertz CT molecular complexity index is 2250. The zero-order valence-corrected chi connectivity index (χ0v) is 34.4. The van der Waals surface area contributed by atoms with Gasteiger partial charge in [-0.1, -0.05) is 146 Å². The van der Waals surface area contributed by atoms with Gasteiger partial charge in [0.25, 0.3) is 0 Å². The maximum absolute atomic E-state index is 14.6. The maximum atomic E-state index is 14.6. The van der Waals surface area contributed by atoms with Crippen molar-refractivity contribution in [3.8, 4) is 0 Å². The number of aliphatic hydroxyl groups excluding tert-OH is 1. The van der Waals surface area contributed by atoms with Gasteiger partial charge in [0.15, 0.2) is 6.29 Å². The van der Waals surface area contributed by atoms with Crippen molar-refractivity contribution in [1.29, 1.82) is 0 Å². The minimum Gasteiger partial charge on any atom is -0.366 e. The van der Waals surface area contributed by atoms with E-state index in [2.05, 4.69) is 0 Å². The number of benzene rings is 6. The quantitative estimate of drug-likeness (QED) is 0.0491. The van der Waals surface area contributed by atoms with E-state index < -0.39 is 30.5 Å². The van der Waals surface area contributed by atoms with Crippen molar-refractivity contribution in [3.63, 3.8) is 0 Å². The Morgan fingerprint density at radius 2 is 0.983 bits per heavy atom. The molecule has 0 saturated heterocycles. The molecule has 6 aromatic carbocycles. The van der Waals surface area contributed by atoms with Crippen LogP contribution in [-0.4, -0.2) is 77.9 Å². The Hall–Kier alpha value is -5.46. The van der Waals surface area contributed by atoms with Gasteiger partial charge in [-0.05, 0) is 95.4 Å². The number of hydrogen-bond acceptors (Lipinski definition) is 8. The molecule has 10 nitrogen and oxygen atoms in total. The van der Waals surface area contributed by atoms with E-state index in [1.54, 1.807) is 9.80 Å². The number of fused-ring (bicyclic) bond motifs is 2. The Labute approximate surface area is 354 Å². The van der Waals surface area contributed by atoms with Crippen LogP contribution in [0.1, 0.15) is 60.0 Å². The summed E-state index contributed by atoms with van der Waals surface area (Å²) in [6, 6.07) is 44.5. The summed E-state index contributed by atoms with van der Waals surface area (Å²) < 4.78 is 6.71. The normalized spacial score (nSPS) is 14.0. The number of rotatable bonds is 22. The lowest BCUT2D eigenvalue weighted by atomic mass is 9.95. The number of ether oxygens (including phenoxy) is 1. The molecule has 0 bridgehead atoms. The summed E-state index contributed by atoms with van der Waals surface area (Å²) in [5, 5.41) is 16.4. The average Bonchev–Trinajstić information content (AvgIpc) is 3.29. The molecule has 0 aliphatic carbocycles. The van der Waals surface area contributed by atoms with Crippen molar-refractivity contribution in [2.24, 2.45) is 22.9 Å². The summed E-state index contributed by atoms with van der Waals surface area (Å²) in [4.78, 5) is 32.7. The molecular formula is C50H60N6O4. The summed E-state index contributed by atoms with van der Waals surface area (Å²) >= 11 is 0. The topological polar surface area (TPSA) is 174 Å². The summed E-state index contributed by atoms with van der Waals surface area (Å²) in [5.41, 5.74) is 28.7. The molecule has 3 unspecified atom stereocenters. The van der Waals surface area contributed by atoms with Crippen LogP contribution in [0.3, 0.4) is 0 Å². The Morgan fingerprint density at radius 3 is 1.52 bits per heavy atom. The van der Waals surface area contributed by atoms with Gasteiger partial charge in [-0.15, -0.1) is 0 Å². The van der Waals surface area contributed by atoms with Crippen molar-refractivity contribution in [2.75, 3.05) is 32.8 Å². The fourth-order valence-corrected chi connectivity index (χ4v) is 8.10. The molecule has 2 amide bonds. The Kier molecular flexibility index (Phi) is 16.3. The minimum atomic E-state index is -1.54. The van der Waals surface area contributed by atoms with Crippen LogP contribution in [0, 0.1) is 0 Å². The third kappa shape index (κ3) is 11.2. The van der Waals surface area contributed by atoms with E-state index in [0.717, 1.165) is 43.8 Å². The summed E-state index contributed by atoms with van der Waals surface area (Å²) in [7, 11) is 0. The molecule has 0 fully saturated rings. The molecule has 0 aliphatic rings. The third-order valence-corrected chi connectivity index (χ3v) is 11.3. The molecule has 9 N–H and O–H groups in total. The van der Waals surface area contributed by atoms with Crippen LogP contribution in [0.15, 0.2) is 146 Å². The van der Waals surface area contributed by atoms with Gasteiger partial charge in [0.2, 0.25) is 11.8 Å². The fraction of sp³-hybridized carbons (Fsp3) is 0.320. The van der Waals surface area contributed by atoms with Crippen LogP contribution < -0.4 is 22.9 Å². The molecule has 0 radical (unpaired) electrons. The number of aliphatic hydroxyl groups is 1. The minimum absolute atomic E-state index is 0.0967. The van der Waals surface area contributed by atoms with Crippen molar-refractivity contribution >= 4 is 33.4 Å². The highest BCUT2D eigenvalue weighted by Crippen LogP contribution is 2.35. The van der Waals surface area contributed by atoms with Gasteiger partial charge >= 0.3 is 0 Å². The number of carbonyl (C=O) groups is 2. The molecule has 60 heavy (non-hydrogen) atoms. The van der Waals surface area contributed by atoms with Crippen molar-refractivity contribution < 1.29 is 19.4 Å². The molecule has 6 rings (SSSR count). The molecular weight excluding hydrogens is 749 g/mol. The van der Waals surface area contributed by atoms with Crippen LogP contribution >= 0.6 is 0 Å². The van der Waals surface area contributed by atoms with E-state index in [9.17, 15) is 14.7 Å². The van der Waals surface area contributed by atoms with Gasteiger partial charge < -0.3 is 42.6 Å². The van der Waals surface area contributed by atoms with Crippen molar-refractivity contribution in [3.05, 3.63) is 168 Å². The lowest BCUT2D eigenvalue weighted by Gasteiger charge is -2.39. The molecule has 0 saturated carbocycles. The van der Waals surface area contributed by atoms with Crippen LogP contribution in [0.4, 0.5) is 0 Å². The van der Waals surface area contributed by atoms with Crippen molar-refractivity contribution in [2.45, 2.75) is 69.0 Å². The zero-order valence-electron chi connectivity index (χ0n) is 34.4. The van der Waals surface area contributed by atoms with E-state index >= 15 is 0 Å². The van der Waals surface area contributed by atoms with Crippen LogP contribution in [0.2, 0.25) is 0 Å². The number of nitrogens with zero attached hydrogens (tertiary/aromatic N) is 2. The number of carbonyl (C=O) groups excluding carboxylic acids is 2. The standard InChI is InChI=1S/C50H60N6O4/c51-31-13-27-44(53)48(57)55(33-29-36-15-3-1-4-16-36)46(42-25-11-21-38-19-7-9-23-40(38)42)35-60-50(59)47(43-26-12-22-39-20-8-10-24-41(39)43)56(49(58)45(54)28-14-32-52)34-30-37-17-5-2-6-18-37/h1-12,15-26,44-47,50,59H,13-14,27-35,51-54H2/t44-,45-,46?,47?,50?/m0/s1. The highest BCUT2D eigenvalue weighted by atomic mass is 16.6. The molecule has 0 aliphatic heterocycles. The van der Waals surface area contributed by atoms with Gasteiger partial charge in [0.1, 0.15) is 6.04 Å². The van der Waals surface area contributed by atoms with Crippen LogP contribution in [0.5, 0.6) is 0 Å². The monoisotopic (exact) mass is 808 g/mol. The first-order valence-electron chi connectivity index (χ1n) is 21.2. The number of hydrogen-bond donors (Lipinski definition) is 5. The largest absolute Gasteiger partial charge is 0.366 e. The first-order chi connectivity index (χ1) is 29.3. The lowest BCUT2D eigenvalue weighted by molar-refractivity contribution is -0.171. The van der Waals surface area contributed by atoms with Gasteiger partial charge in [0, 0.05) is 13.1 Å². The maximum Gasteiger partial charge on any atom is 0.240 e. The summed E-state index contributed by atoms with van der Waals surface area (Å²) in [6.45, 7) is 1.32. The van der Waals surface area contributed by atoms with E-state index in [4.69, 9.17) is 27.7 Å². The SMILES string of the molecule is NCCC[C@H](N)C(=O)N(CCc1ccccc1)C(COC(O)C(c1cccc2ccccc12)N(CCc1ccccc1)C(=O)[C@@H](N)CCCN)c1cccc2ccccc12. The van der Waals surface area contributed by atoms with Crippen molar-refractivity contribution in [1.82, 2.24) is 9.80 Å². The first-order valence-corrected chi connectivity index (χ1v) is 21.2. The molecule has 10 heteroatoms. The van der Waals surface area contributed by atoms with Gasteiger partial charge in [-0.3, -0.25) is 9.59 Å². The second-order valence-electron chi connectivity index (χ2n) is 15.4. The van der Waals surface area contributed by atoms with Gasteiger partial charge in [-0.25, -0.2) is 0 Å². The Balaban J connectivity index is 1.44. The average molecular weight is 809 g/mol. The number of amides is 2. The molecule has 0 aromatic heterocycles. The summed E-state index contributed by atoms with van der Waals surface area (Å²) in [6.07, 6.45) is 1.54. The second kappa shape index (κ2) is 22.2. The smallest absolute Gasteiger partial charge is 0.240 e. The predicted molar refractivity (Wildman–Crippen MR) is 242 cm³/mol. The van der Waals surface area contributed by atoms with E-state index in [-0.39, 0.29) is 25.0 Å². The predicted octanol–water partition coefficient (Wildman–Crippen LogP) is 6.39. The van der Waals surface area contributed by atoms with E-state index in [1.807, 2.05) is 146 Å². The van der Waals surface area contributed by atoms with Gasteiger partial charge in [0.05, 0.1) is 24.7 Å². The Morgan fingerprint density at radius 1 is 0.550 bits per heavy atom. The first kappa shape index (κ1) is 44.1. The summed E-state index contributed by atoms with van der Waals surface area (Å²) in [5.74, 6) is -0.539. The zero-order chi connectivity index (χ0) is 42.3. The molecule has 6 aromatic rings.